The highest BCUT2D eigenvalue weighted by Crippen LogP contribution is 2.21. The van der Waals surface area contributed by atoms with Crippen molar-refractivity contribution in [2.75, 3.05) is 6.54 Å². The van der Waals surface area contributed by atoms with Crippen LogP contribution in [-0.2, 0) is 16.1 Å². The van der Waals surface area contributed by atoms with Crippen molar-refractivity contribution in [2.45, 2.75) is 66.5 Å². The van der Waals surface area contributed by atoms with Crippen molar-refractivity contribution >= 4 is 23.4 Å². The summed E-state index contributed by atoms with van der Waals surface area (Å²) in [5.41, 5.74) is 9.59. The molecule has 1 aromatic carbocycles. The van der Waals surface area contributed by atoms with E-state index < -0.39 is 0 Å². The predicted octanol–water partition coefficient (Wildman–Crippen LogP) is 3.27. The molecule has 0 aromatic heterocycles. The highest BCUT2D eigenvalue weighted by Gasteiger charge is 2.33. The molecule has 0 spiro atoms. The van der Waals surface area contributed by atoms with Crippen LogP contribution in [0.1, 0.15) is 65.0 Å². The molecule has 1 heterocycles. The van der Waals surface area contributed by atoms with E-state index >= 15 is 0 Å². The van der Waals surface area contributed by atoms with Gasteiger partial charge >= 0.3 is 0 Å². The Kier molecular flexibility index (Phi) is 14.7. The zero-order valence-electron chi connectivity index (χ0n) is 19.9. The van der Waals surface area contributed by atoms with Crippen molar-refractivity contribution in [1.82, 2.24) is 15.6 Å². The number of hydrazine groups is 1. The first-order valence-corrected chi connectivity index (χ1v) is 11.3. The van der Waals surface area contributed by atoms with Gasteiger partial charge in [0.2, 0.25) is 11.8 Å². The molecule has 2 rings (SSSR count). The first-order valence-electron chi connectivity index (χ1n) is 10.9. The smallest absolute Gasteiger partial charge is 0.243 e. The van der Waals surface area contributed by atoms with Crippen molar-refractivity contribution in [1.29, 1.82) is 0 Å². The van der Waals surface area contributed by atoms with Crippen LogP contribution in [0.4, 0.5) is 0 Å². The fraction of sp³-hybridized carbons (Fsp3) is 0.500. The van der Waals surface area contributed by atoms with Gasteiger partial charge in [-0.05, 0) is 43.4 Å². The Balaban J connectivity index is 0.00000104. The first-order chi connectivity index (χ1) is 15.2. The van der Waals surface area contributed by atoms with Gasteiger partial charge < -0.3 is 21.4 Å². The van der Waals surface area contributed by atoms with Crippen molar-refractivity contribution in [3.63, 3.8) is 0 Å². The van der Waals surface area contributed by atoms with Gasteiger partial charge in [0.05, 0.1) is 0 Å². The van der Waals surface area contributed by atoms with Gasteiger partial charge in [-0.25, -0.2) is 0 Å². The summed E-state index contributed by atoms with van der Waals surface area (Å²) < 4.78 is 0. The van der Waals surface area contributed by atoms with Crippen LogP contribution in [0.15, 0.2) is 30.1 Å². The molecule has 1 atom stereocenters. The van der Waals surface area contributed by atoms with E-state index in [2.05, 4.69) is 16.7 Å². The lowest BCUT2D eigenvalue weighted by atomic mass is 10.1. The molecule has 178 valence electrons. The average molecular weight is 464 g/mol. The van der Waals surface area contributed by atoms with Crippen LogP contribution in [0.3, 0.4) is 0 Å². The number of rotatable bonds is 6. The van der Waals surface area contributed by atoms with Gasteiger partial charge in [-0.15, -0.1) is 6.42 Å². The largest absolute Gasteiger partial charge is 0.401 e. The monoisotopic (exact) mass is 463 g/mol. The van der Waals surface area contributed by atoms with Gasteiger partial charge in [0, 0.05) is 42.0 Å². The van der Waals surface area contributed by atoms with E-state index in [4.69, 9.17) is 29.6 Å². The van der Waals surface area contributed by atoms with Crippen LogP contribution < -0.4 is 22.3 Å². The summed E-state index contributed by atoms with van der Waals surface area (Å²) >= 11 is 6.18. The quantitative estimate of drug-likeness (QED) is 0.294. The van der Waals surface area contributed by atoms with E-state index in [-0.39, 0.29) is 23.8 Å². The number of hydrogen-bond donors (Lipinski definition) is 4. The third-order valence-corrected chi connectivity index (χ3v) is 4.79. The molecule has 2 amide bonds. The number of nitrogens with two attached hydrogens (primary N) is 2. The summed E-state index contributed by atoms with van der Waals surface area (Å²) in [5.74, 6) is 7.56. The van der Waals surface area contributed by atoms with Crippen LogP contribution in [0.25, 0.3) is 0 Å². The van der Waals surface area contributed by atoms with Crippen molar-refractivity contribution < 1.29 is 9.59 Å². The third kappa shape index (κ3) is 10.6. The number of amides is 2. The molecular formula is C24H38ClN5O2. The molecule has 32 heavy (non-hydrogen) atoms. The van der Waals surface area contributed by atoms with E-state index in [9.17, 15) is 9.59 Å². The first kappa shape index (κ1) is 29.3. The molecule has 6 N–H and O–H groups in total. The van der Waals surface area contributed by atoms with Crippen molar-refractivity contribution in [2.24, 2.45) is 17.5 Å². The zero-order chi connectivity index (χ0) is 24.7. The van der Waals surface area contributed by atoms with Crippen molar-refractivity contribution in [3.8, 4) is 12.3 Å². The molecule has 0 saturated carbocycles. The summed E-state index contributed by atoms with van der Waals surface area (Å²) in [4.78, 5) is 26.5. The topological polar surface area (TPSA) is 113 Å². The summed E-state index contributed by atoms with van der Waals surface area (Å²) in [5, 5.41) is 3.42. The normalized spacial score (nSPS) is 15.0. The number of halogens is 1. The fourth-order valence-corrected chi connectivity index (χ4v) is 3.26. The predicted molar refractivity (Wildman–Crippen MR) is 132 cm³/mol. The molecular weight excluding hydrogens is 426 g/mol. The van der Waals surface area contributed by atoms with Crippen LogP contribution in [0, 0.1) is 18.3 Å². The SMILES string of the molecule is C#Cc1ccc(CNC(=O)C2CCCN2C(=O)CC(C)C)c(Cl)c1.C/C(N)=C/NN.CC. The molecule has 8 heteroatoms. The minimum absolute atomic E-state index is 0.0547. The van der Waals surface area contributed by atoms with E-state index in [1.807, 2.05) is 33.8 Å². The van der Waals surface area contributed by atoms with E-state index in [1.54, 1.807) is 24.0 Å². The molecule has 1 aliphatic rings. The Morgan fingerprint density at radius 2 is 2.03 bits per heavy atom. The third-order valence-electron chi connectivity index (χ3n) is 4.44. The molecule has 7 nitrogen and oxygen atoms in total. The van der Waals surface area contributed by atoms with E-state index in [1.165, 1.54) is 6.20 Å². The van der Waals surface area contributed by atoms with Gasteiger partial charge in [0.25, 0.3) is 0 Å². The van der Waals surface area contributed by atoms with Crippen LogP contribution in [0.5, 0.6) is 0 Å². The molecule has 1 unspecified atom stereocenters. The Hall–Kier alpha value is -2.69. The second kappa shape index (κ2) is 16.0. The molecule has 1 aromatic rings. The van der Waals surface area contributed by atoms with Crippen LogP contribution in [0.2, 0.25) is 5.02 Å². The second-order valence-corrected chi connectivity index (χ2v) is 7.97. The van der Waals surface area contributed by atoms with Gasteiger partial charge in [-0.2, -0.15) is 0 Å². The number of nitrogens with one attached hydrogen (secondary N) is 2. The maximum absolute atomic E-state index is 12.5. The summed E-state index contributed by atoms with van der Waals surface area (Å²) in [6, 6.07) is 4.94. The Bertz CT molecular complexity index is 798. The number of carbonyl (C=O) groups is 2. The van der Waals surface area contributed by atoms with Crippen molar-refractivity contribution in [3.05, 3.63) is 46.2 Å². The maximum atomic E-state index is 12.5. The lowest BCUT2D eigenvalue weighted by molar-refractivity contribution is -0.139. The number of likely N-dealkylation sites (tertiary alicyclic amines) is 1. The standard InChI is InChI=1S/C19H23ClN2O2.C3H9N3.C2H6/c1-4-14-7-8-15(16(20)11-14)12-21-19(24)17-6-5-9-22(17)18(23)10-13(2)3;1-3(4)2-6-5;1-2/h1,7-8,11,13,17H,5-6,9-10,12H2,2-3H3,(H,21,24);2,6H,4-5H2,1H3;1-2H3/b;3-2-;. The summed E-state index contributed by atoms with van der Waals surface area (Å²) in [6.07, 6.45) is 8.89. The maximum Gasteiger partial charge on any atom is 0.243 e. The number of nitrogens with zero attached hydrogens (tertiary/aromatic N) is 1. The van der Waals surface area contributed by atoms with Gasteiger partial charge in [0.15, 0.2) is 0 Å². The minimum atomic E-state index is -0.375. The van der Waals surface area contributed by atoms with E-state index in [0.29, 0.717) is 42.2 Å². The zero-order valence-corrected chi connectivity index (χ0v) is 20.6. The second-order valence-electron chi connectivity index (χ2n) is 7.57. The number of hydrogen-bond acceptors (Lipinski definition) is 5. The highest BCUT2D eigenvalue weighted by molar-refractivity contribution is 6.31. The average Bonchev–Trinajstić information content (AvgIpc) is 3.24. The Morgan fingerprint density at radius 1 is 1.38 bits per heavy atom. The summed E-state index contributed by atoms with van der Waals surface area (Å²) in [6.45, 7) is 10.7. The number of terminal acetylenes is 1. The number of benzene rings is 1. The lowest BCUT2D eigenvalue weighted by Crippen LogP contribution is -2.46. The van der Waals surface area contributed by atoms with Gasteiger partial charge in [-0.3, -0.25) is 15.4 Å². The molecule has 1 aliphatic heterocycles. The molecule has 0 radical (unpaired) electrons. The molecule has 0 bridgehead atoms. The molecule has 1 saturated heterocycles. The lowest BCUT2D eigenvalue weighted by Gasteiger charge is -2.24. The highest BCUT2D eigenvalue weighted by atomic mass is 35.5. The summed E-state index contributed by atoms with van der Waals surface area (Å²) in [7, 11) is 0. The Morgan fingerprint density at radius 3 is 2.50 bits per heavy atom. The minimum Gasteiger partial charge on any atom is -0.401 e. The van der Waals surface area contributed by atoms with Gasteiger partial charge in [-0.1, -0.05) is 51.3 Å². The molecule has 1 fully saturated rings. The number of carbonyl (C=O) groups excluding carboxylic acids is 2. The fourth-order valence-electron chi connectivity index (χ4n) is 3.02. The number of allylic oxidation sites excluding steroid dienone is 1. The van der Waals surface area contributed by atoms with E-state index in [0.717, 1.165) is 12.0 Å². The van der Waals surface area contributed by atoms with Crippen LogP contribution in [-0.4, -0.2) is 29.3 Å². The van der Waals surface area contributed by atoms with Crippen LogP contribution >= 0.6 is 11.6 Å². The van der Waals surface area contributed by atoms with Gasteiger partial charge in [0.1, 0.15) is 6.04 Å². The Labute approximate surface area is 197 Å². The molecule has 0 aliphatic carbocycles.